The molecule has 3 heterocycles. The summed E-state index contributed by atoms with van der Waals surface area (Å²) < 4.78 is 3.34. The molecule has 2 aromatic heterocycles. The third-order valence-electron chi connectivity index (χ3n) is 5.19. The van der Waals surface area contributed by atoms with Crippen LogP contribution in [0.2, 0.25) is 0 Å². The summed E-state index contributed by atoms with van der Waals surface area (Å²) in [5.41, 5.74) is 2.51. The maximum Gasteiger partial charge on any atom is 0.306 e. The molecular formula is C16H21N3O2S. The second-order valence-corrected chi connectivity index (χ2v) is 7.58. The van der Waals surface area contributed by atoms with Crippen LogP contribution >= 0.6 is 11.3 Å². The number of carbonyl (C=O) groups is 1. The first-order chi connectivity index (χ1) is 10.6. The number of nitrogens with zero attached hydrogens (tertiary/aromatic N) is 3. The number of aryl methyl sites for hydroxylation is 1. The van der Waals surface area contributed by atoms with Crippen LogP contribution in [0.25, 0.3) is 10.2 Å². The fourth-order valence-corrected chi connectivity index (χ4v) is 4.73. The van der Waals surface area contributed by atoms with Crippen molar-refractivity contribution in [2.45, 2.75) is 25.2 Å². The van der Waals surface area contributed by atoms with E-state index in [2.05, 4.69) is 16.3 Å². The summed E-state index contributed by atoms with van der Waals surface area (Å²) in [6.07, 6.45) is 3.13. The number of aromatic nitrogens is 2. The van der Waals surface area contributed by atoms with Crippen LogP contribution in [0.15, 0.2) is 11.4 Å². The van der Waals surface area contributed by atoms with Gasteiger partial charge in [0.2, 0.25) is 0 Å². The summed E-state index contributed by atoms with van der Waals surface area (Å²) in [5, 5.41) is 15.9. The van der Waals surface area contributed by atoms with E-state index in [4.69, 9.17) is 10.2 Å². The van der Waals surface area contributed by atoms with Gasteiger partial charge in [0.25, 0.3) is 0 Å². The van der Waals surface area contributed by atoms with E-state index in [1.54, 1.807) is 11.3 Å². The molecular weight excluding hydrogens is 298 g/mol. The lowest BCUT2D eigenvalue weighted by Gasteiger charge is -2.31. The third-order valence-corrected chi connectivity index (χ3v) is 6.12. The second kappa shape index (κ2) is 5.35. The molecule has 22 heavy (non-hydrogen) atoms. The average molecular weight is 319 g/mol. The zero-order valence-electron chi connectivity index (χ0n) is 12.7. The number of likely N-dealkylation sites (tertiary alicyclic amines) is 1. The highest BCUT2D eigenvalue weighted by Gasteiger charge is 2.44. The van der Waals surface area contributed by atoms with Gasteiger partial charge in [0.05, 0.1) is 21.8 Å². The predicted octanol–water partition coefficient (Wildman–Crippen LogP) is 2.53. The number of hydrogen-bond acceptors (Lipinski definition) is 4. The van der Waals surface area contributed by atoms with Crippen molar-refractivity contribution < 1.29 is 9.90 Å². The first kappa shape index (κ1) is 14.2. The highest BCUT2D eigenvalue weighted by Crippen LogP contribution is 2.40. The Balaban J connectivity index is 1.38. The van der Waals surface area contributed by atoms with Gasteiger partial charge in [0.15, 0.2) is 0 Å². The van der Waals surface area contributed by atoms with Crippen molar-refractivity contribution in [3.05, 3.63) is 17.1 Å². The van der Waals surface area contributed by atoms with Crippen LogP contribution in [-0.4, -0.2) is 45.4 Å². The monoisotopic (exact) mass is 319 g/mol. The van der Waals surface area contributed by atoms with E-state index < -0.39 is 5.97 Å². The van der Waals surface area contributed by atoms with Crippen molar-refractivity contribution in [3.8, 4) is 0 Å². The molecule has 6 heteroatoms. The molecule has 0 amide bonds. The number of rotatable bonds is 4. The predicted molar refractivity (Wildman–Crippen MR) is 86.2 cm³/mol. The number of fused-ring (bicyclic) bond motifs is 1. The van der Waals surface area contributed by atoms with Gasteiger partial charge >= 0.3 is 5.97 Å². The van der Waals surface area contributed by atoms with Crippen LogP contribution in [0.5, 0.6) is 0 Å². The highest BCUT2D eigenvalue weighted by atomic mass is 32.1. The van der Waals surface area contributed by atoms with Crippen LogP contribution in [0, 0.1) is 11.8 Å². The Kier molecular flexibility index (Phi) is 3.46. The Hall–Kier alpha value is -1.40. The lowest BCUT2D eigenvalue weighted by Crippen LogP contribution is -2.35. The van der Waals surface area contributed by atoms with Crippen molar-refractivity contribution in [1.82, 2.24) is 14.7 Å². The molecule has 1 N–H and O–H groups in total. The number of hydrogen-bond donors (Lipinski definition) is 1. The van der Waals surface area contributed by atoms with Gasteiger partial charge in [-0.1, -0.05) is 0 Å². The third kappa shape index (κ3) is 2.44. The first-order valence-electron chi connectivity index (χ1n) is 7.98. The fourth-order valence-electron chi connectivity index (χ4n) is 3.75. The van der Waals surface area contributed by atoms with Gasteiger partial charge in [-0.3, -0.25) is 9.48 Å². The van der Waals surface area contributed by atoms with Crippen molar-refractivity contribution in [1.29, 1.82) is 0 Å². The molecule has 1 aliphatic heterocycles. The fraction of sp³-hybridized carbons (Fsp3) is 0.625. The highest BCUT2D eigenvalue weighted by molar-refractivity contribution is 7.17. The number of carboxylic acid groups (broad SMARTS) is 1. The molecule has 2 aromatic rings. The maximum atomic E-state index is 10.9. The van der Waals surface area contributed by atoms with Gasteiger partial charge in [0.1, 0.15) is 0 Å². The minimum Gasteiger partial charge on any atom is -0.481 e. The van der Waals surface area contributed by atoms with E-state index in [0.717, 1.165) is 38.9 Å². The summed E-state index contributed by atoms with van der Waals surface area (Å²) >= 11 is 1.79. The molecule has 1 aliphatic carbocycles. The summed E-state index contributed by atoms with van der Waals surface area (Å²) in [7, 11) is 2.02. The van der Waals surface area contributed by atoms with Crippen molar-refractivity contribution in [2.24, 2.45) is 18.9 Å². The SMILES string of the molecule is Cn1nc(C2CCN(C[C@@H]3C[C@H]3C(=O)O)CC2)c2sccc21. The smallest absolute Gasteiger partial charge is 0.306 e. The standard InChI is InChI=1S/C16H21N3O2S/c1-18-13-4-7-22-15(13)14(17-18)10-2-5-19(6-3-10)9-11-8-12(11)16(20)21/h4,7,10-12H,2-3,5-6,8-9H2,1H3,(H,20,21)/t11-,12+/m0/s1. The van der Waals surface area contributed by atoms with E-state index in [9.17, 15) is 4.79 Å². The lowest BCUT2D eigenvalue weighted by molar-refractivity contribution is -0.138. The van der Waals surface area contributed by atoms with Gasteiger partial charge in [-0.25, -0.2) is 0 Å². The normalized spacial score (nSPS) is 26.6. The first-order valence-corrected chi connectivity index (χ1v) is 8.86. The Labute approximate surface area is 133 Å². The van der Waals surface area contributed by atoms with Gasteiger partial charge in [-0.15, -0.1) is 11.3 Å². The molecule has 2 aliphatic rings. The number of aliphatic carboxylic acids is 1. The lowest BCUT2D eigenvalue weighted by atomic mass is 9.93. The second-order valence-electron chi connectivity index (χ2n) is 6.66. The van der Waals surface area contributed by atoms with Crippen LogP contribution in [-0.2, 0) is 11.8 Å². The largest absolute Gasteiger partial charge is 0.481 e. The molecule has 0 radical (unpaired) electrons. The van der Waals surface area contributed by atoms with Crippen molar-refractivity contribution in [2.75, 3.05) is 19.6 Å². The van der Waals surface area contributed by atoms with Gasteiger partial charge in [-0.05, 0) is 49.7 Å². The Morgan fingerprint density at radius 2 is 2.23 bits per heavy atom. The van der Waals surface area contributed by atoms with Crippen LogP contribution < -0.4 is 0 Å². The summed E-state index contributed by atoms with van der Waals surface area (Å²) in [5.74, 6) is 0.230. The molecule has 2 fully saturated rings. The topological polar surface area (TPSA) is 58.4 Å². The van der Waals surface area contributed by atoms with E-state index >= 15 is 0 Å². The maximum absolute atomic E-state index is 10.9. The molecule has 0 spiro atoms. The Morgan fingerprint density at radius 1 is 1.45 bits per heavy atom. The summed E-state index contributed by atoms with van der Waals surface area (Å²) in [6.45, 7) is 3.09. The molecule has 2 atom stereocenters. The Morgan fingerprint density at radius 3 is 2.91 bits per heavy atom. The van der Waals surface area contributed by atoms with E-state index in [1.807, 2.05) is 11.7 Å². The van der Waals surface area contributed by atoms with Crippen LogP contribution in [0.1, 0.15) is 30.9 Å². The molecule has 118 valence electrons. The van der Waals surface area contributed by atoms with Gasteiger partial charge in [0, 0.05) is 19.5 Å². The van der Waals surface area contributed by atoms with Gasteiger partial charge in [-0.2, -0.15) is 5.10 Å². The van der Waals surface area contributed by atoms with Crippen molar-refractivity contribution in [3.63, 3.8) is 0 Å². The van der Waals surface area contributed by atoms with Crippen molar-refractivity contribution >= 4 is 27.5 Å². The van der Waals surface area contributed by atoms with Crippen LogP contribution in [0.4, 0.5) is 0 Å². The molecule has 4 rings (SSSR count). The van der Waals surface area contributed by atoms with E-state index in [1.165, 1.54) is 15.9 Å². The number of thiophene rings is 1. The molecule has 1 saturated carbocycles. The minimum atomic E-state index is -0.617. The molecule has 0 bridgehead atoms. The zero-order valence-corrected chi connectivity index (χ0v) is 13.6. The van der Waals surface area contributed by atoms with E-state index in [0.29, 0.717) is 11.8 Å². The number of piperidine rings is 1. The minimum absolute atomic E-state index is 0.0840. The average Bonchev–Trinajstić information content (AvgIpc) is 2.98. The summed E-state index contributed by atoms with van der Waals surface area (Å²) in [4.78, 5) is 13.4. The molecule has 0 aromatic carbocycles. The zero-order chi connectivity index (χ0) is 15.3. The molecule has 1 saturated heterocycles. The number of carboxylic acids is 1. The molecule has 0 unspecified atom stereocenters. The Bertz CT molecular complexity index is 699. The van der Waals surface area contributed by atoms with Crippen LogP contribution in [0.3, 0.4) is 0 Å². The van der Waals surface area contributed by atoms with E-state index in [-0.39, 0.29) is 5.92 Å². The quantitative estimate of drug-likeness (QED) is 0.941. The summed E-state index contributed by atoms with van der Waals surface area (Å²) in [6, 6.07) is 2.14. The molecule has 5 nitrogen and oxygen atoms in total. The van der Waals surface area contributed by atoms with Gasteiger partial charge < -0.3 is 10.0 Å².